The second kappa shape index (κ2) is 5.92. The maximum absolute atomic E-state index is 11.0. The number of benzene rings is 2. The highest BCUT2D eigenvalue weighted by molar-refractivity contribution is 5.78. The van der Waals surface area contributed by atoms with Gasteiger partial charge in [-0.15, -0.1) is 0 Å². The van der Waals surface area contributed by atoms with E-state index in [1.807, 2.05) is 6.92 Å². The topological polar surface area (TPSA) is 90.4 Å². The van der Waals surface area contributed by atoms with E-state index in [-0.39, 0.29) is 11.4 Å². The quantitative estimate of drug-likeness (QED) is 0.495. The first kappa shape index (κ1) is 13.7. The Balaban J connectivity index is 2.26. The number of rotatable bonds is 5. The Labute approximate surface area is 116 Å². The summed E-state index contributed by atoms with van der Waals surface area (Å²) in [5, 5.41) is 14.0. The van der Waals surface area contributed by atoms with Gasteiger partial charge in [-0.25, -0.2) is 0 Å². The molecule has 0 saturated heterocycles. The van der Waals surface area contributed by atoms with Crippen molar-refractivity contribution in [3.05, 3.63) is 52.6 Å². The van der Waals surface area contributed by atoms with E-state index in [0.29, 0.717) is 12.3 Å². The van der Waals surface area contributed by atoms with Crippen LogP contribution in [0.5, 0.6) is 5.75 Å². The van der Waals surface area contributed by atoms with E-state index in [4.69, 9.17) is 10.5 Å². The molecule has 0 unspecified atom stereocenters. The molecule has 104 valence electrons. The minimum Gasteiger partial charge on any atom is -0.494 e. The molecule has 0 aliphatic rings. The maximum Gasteiger partial charge on any atom is 0.315 e. The number of para-hydroxylation sites is 1. The van der Waals surface area contributed by atoms with Gasteiger partial charge in [0.2, 0.25) is 0 Å². The van der Waals surface area contributed by atoms with Gasteiger partial charge in [-0.05, 0) is 43.3 Å². The predicted octanol–water partition coefficient (Wildman–Crippen LogP) is 3.32. The van der Waals surface area contributed by atoms with Crippen molar-refractivity contribution in [2.24, 2.45) is 0 Å². The van der Waals surface area contributed by atoms with Gasteiger partial charge < -0.3 is 15.8 Å². The summed E-state index contributed by atoms with van der Waals surface area (Å²) in [5.74, 6) is 0.750. The van der Waals surface area contributed by atoms with Crippen LogP contribution in [0, 0.1) is 10.1 Å². The summed E-state index contributed by atoms with van der Waals surface area (Å²) in [6.45, 7) is 2.50. The standard InChI is InChI=1S/C14H15N3O3/c1-2-20-11-8-6-10(7-9-11)16-13-5-3-4-12(15)14(13)17(18)19/h3-9,16H,2,15H2,1H3. The fraction of sp³-hybridized carbons (Fsp3) is 0.143. The summed E-state index contributed by atoms with van der Waals surface area (Å²) in [6, 6.07) is 12.0. The van der Waals surface area contributed by atoms with Gasteiger partial charge in [-0.2, -0.15) is 0 Å². The van der Waals surface area contributed by atoms with Gasteiger partial charge in [-0.1, -0.05) is 6.07 Å². The van der Waals surface area contributed by atoms with Gasteiger partial charge in [0.25, 0.3) is 0 Å². The fourth-order valence-corrected chi connectivity index (χ4v) is 1.82. The third-order valence-electron chi connectivity index (χ3n) is 2.69. The highest BCUT2D eigenvalue weighted by atomic mass is 16.6. The molecule has 0 aliphatic carbocycles. The summed E-state index contributed by atoms with van der Waals surface area (Å²) >= 11 is 0. The van der Waals surface area contributed by atoms with Crippen LogP contribution in [-0.4, -0.2) is 11.5 Å². The number of nitro benzene ring substituents is 1. The van der Waals surface area contributed by atoms with Crippen molar-refractivity contribution in [3.8, 4) is 5.75 Å². The first-order valence-corrected chi connectivity index (χ1v) is 6.14. The normalized spacial score (nSPS) is 10.1. The third-order valence-corrected chi connectivity index (χ3v) is 2.69. The smallest absolute Gasteiger partial charge is 0.315 e. The van der Waals surface area contributed by atoms with Crippen LogP contribution >= 0.6 is 0 Å². The maximum atomic E-state index is 11.0. The van der Waals surface area contributed by atoms with Crippen molar-refractivity contribution in [1.29, 1.82) is 0 Å². The average Bonchev–Trinajstić information content (AvgIpc) is 2.41. The first-order chi connectivity index (χ1) is 9.61. The molecule has 0 amide bonds. The molecule has 2 rings (SSSR count). The monoisotopic (exact) mass is 273 g/mol. The van der Waals surface area contributed by atoms with E-state index in [9.17, 15) is 10.1 Å². The van der Waals surface area contributed by atoms with Gasteiger partial charge in [-0.3, -0.25) is 10.1 Å². The Morgan fingerprint density at radius 3 is 2.55 bits per heavy atom. The van der Waals surface area contributed by atoms with E-state index >= 15 is 0 Å². The van der Waals surface area contributed by atoms with Crippen molar-refractivity contribution in [2.45, 2.75) is 6.92 Å². The third kappa shape index (κ3) is 2.97. The van der Waals surface area contributed by atoms with Gasteiger partial charge >= 0.3 is 5.69 Å². The Morgan fingerprint density at radius 2 is 1.95 bits per heavy atom. The second-order valence-corrected chi connectivity index (χ2v) is 4.08. The molecule has 6 heteroatoms. The van der Waals surface area contributed by atoms with Crippen LogP contribution in [0.1, 0.15) is 6.92 Å². The number of anilines is 3. The molecule has 3 N–H and O–H groups in total. The van der Waals surface area contributed by atoms with E-state index in [1.54, 1.807) is 36.4 Å². The van der Waals surface area contributed by atoms with Crippen LogP contribution in [0.25, 0.3) is 0 Å². The Bertz CT molecular complexity index is 612. The van der Waals surface area contributed by atoms with Crippen molar-refractivity contribution in [2.75, 3.05) is 17.7 Å². The number of hydrogen-bond acceptors (Lipinski definition) is 5. The number of nitrogens with zero attached hydrogens (tertiary/aromatic N) is 1. The molecule has 0 aliphatic heterocycles. The Morgan fingerprint density at radius 1 is 1.25 bits per heavy atom. The van der Waals surface area contributed by atoms with Crippen LogP contribution in [-0.2, 0) is 0 Å². The first-order valence-electron chi connectivity index (χ1n) is 6.14. The van der Waals surface area contributed by atoms with Crippen molar-refractivity contribution in [3.63, 3.8) is 0 Å². The lowest BCUT2D eigenvalue weighted by Crippen LogP contribution is -2.01. The highest BCUT2D eigenvalue weighted by Crippen LogP contribution is 2.32. The minimum absolute atomic E-state index is 0.124. The van der Waals surface area contributed by atoms with Crippen LogP contribution < -0.4 is 15.8 Å². The molecule has 0 fully saturated rings. The molecule has 0 aromatic heterocycles. The number of nitrogens with one attached hydrogen (secondary N) is 1. The predicted molar refractivity (Wildman–Crippen MR) is 78.4 cm³/mol. The zero-order valence-corrected chi connectivity index (χ0v) is 11.0. The van der Waals surface area contributed by atoms with Gasteiger partial charge in [0.1, 0.15) is 17.1 Å². The molecule has 6 nitrogen and oxygen atoms in total. The van der Waals surface area contributed by atoms with E-state index in [0.717, 1.165) is 11.4 Å². The summed E-state index contributed by atoms with van der Waals surface area (Å²) in [5.41, 5.74) is 6.73. The summed E-state index contributed by atoms with van der Waals surface area (Å²) in [7, 11) is 0. The van der Waals surface area contributed by atoms with Crippen molar-refractivity contribution in [1.82, 2.24) is 0 Å². The largest absolute Gasteiger partial charge is 0.494 e. The summed E-state index contributed by atoms with van der Waals surface area (Å²) in [4.78, 5) is 10.5. The Kier molecular flexibility index (Phi) is 4.05. The molecule has 2 aromatic carbocycles. The summed E-state index contributed by atoms with van der Waals surface area (Å²) in [6.07, 6.45) is 0. The lowest BCUT2D eigenvalue weighted by Gasteiger charge is -2.09. The van der Waals surface area contributed by atoms with Crippen LogP contribution in [0.2, 0.25) is 0 Å². The van der Waals surface area contributed by atoms with E-state index in [1.165, 1.54) is 6.07 Å². The number of nitrogens with two attached hydrogens (primary N) is 1. The van der Waals surface area contributed by atoms with Crippen LogP contribution in [0.3, 0.4) is 0 Å². The van der Waals surface area contributed by atoms with Crippen LogP contribution in [0.4, 0.5) is 22.7 Å². The van der Waals surface area contributed by atoms with Crippen LogP contribution in [0.15, 0.2) is 42.5 Å². The minimum atomic E-state index is -0.494. The van der Waals surface area contributed by atoms with Gasteiger partial charge in [0, 0.05) is 5.69 Å². The number of ether oxygens (including phenoxy) is 1. The average molecular weight is 273 g/mol. The lowest BCUT2D eigenvalue weighted by molar-refractivity contribution is -0.383. The Hall–Kier alpha value is -2.76. The molecular formula is C14H15N3O3. The number of hydrogen-bond donors (Lipinski definition) is 2. The number of nitro groups is 1. The number of nitrogen functional groups attached to an aromatic ring is 1. The second-order valence-electron chi connectivity index (χ2n) is 4.08. The highest BCUT2D eigenvalue weighted by Gasteiger charge is 2.17. The molecule has 0 bridgehead atoms. The molecule has 0 saturated carbocycles. The van der Waals surface area contributed by atoms with E-state index < -0.39 is 4.92 Å². The summed E-state index contributed by atoms with van der Waals surface area (Å²) < 4.78 is 5.34. The van der Waals surface area contributed by atoms with Gasteiger partial charge in [0.15, 0.2) is 0 Å². The van der Waals surface area contributed by atoms with Crippen molar-refractivity contribution < 1.29 is 9.66 Å². The fourth-order valence-electron chi connectivity index (χ4n) is 1.82. The lowest BCUT2D eigenvalue weighted by atomic mass is 10.2. The molecule has 20 heavy (non-hydrogen) atoms. The molecule has 0 spiro atoms. The van der Waals surface area contributed by atoms with Crippen molar-refractivity contribution >= 4 is 22.7 Å². The van der Waals surface area contributed by atoms with Gasteiger partial charge in [0.05, 0.1) is 11.5 Å². The zero-order valence-electron chi connectivity index (χ0n) is 11.0. The molecule has 0 atom stereocenters. The van der Waals surface area contributed by atoms with E-state index in [2.05, 4.69) is 5.32 Å². The molecule has 0 heterocycles. The zero-order chi connectivity index (χ0) is 14.5. The molecule has 0 radical (unpaired) electrons. The molecule has 2 aromatic rings. The molecular weight excluding hydrogens is 258 g/mol. The SMILES string of the molecule is CCOc1ccc(Nc2cccc(N)c2[N+](=O)[O-])cc1.